The van der Waals surface area contributed by atoms with Crippen LogP contribution in [-0.4, -0.2) is 36.7 Å². The summed E-state index contributed by atoms with van der Waals surface area (Å²) in [5.41, 5.74) is 0.0561. The number of aromatic carboxylic acids is 1. The predicted octanol–water partition coefficient (Wildman–Crippen LogP) is 2.59. The molecule has 114 valence electrons. The van der Waals surface area contributed by atoms with E-state index in [0.29, 0.717) is 8.95 Å². The number of hydrogen-bond acceptors (Lipinski definition) is 4. The van der Waals surface area contributed by atoms with Crippen LogP contribution in [0.5, 0.6) is 0 Å². The van der Waals surface area contributed by atoms with Crippen LogP contribution in [0.2, 0.25) is 0 Å². The van der Waals surface area contributed by atoms with Crippen molar-refractivity contribution < 1.29 is 24.2 Å². The van der Waals surface area contributed by atoms with Gasteiger partial charge in [0.1, 0.15) is 0 Å². The number of amides is 2. The molecule has 0 aliphatic carbocycles. The minimum absolute atomic E-state index is 0.0250. The molecule has 0 heterocycles. The smallest absolute Gasteiger partial charge is 0.337 e. The van der Waals surface area contributed by atoms with Gasteiger partial charge in [-0.05, 0) is 28.1 Å². The number of benzene rings is 1. The number of ether oxygens (including phenoxy) is 1. The molecule has 21 heavy (non-hydrogen) atoms. The van der Waals surface area contributed by atoms with Crippen LogP contribution in [0, 0.1) is 0 Å². The lowest BCUT2D eigenvalue weighted by Crippen LogP contribution is -2.31. The second-order valence-electron chi connectivity index (χ2n) is 3.82. The molecule has 0 spiro atoms. The first-order valence-electron chi connectivity index (χ1n) is 5.69. The zero-order valence-electron chi connectivity index (χ0n) is 10.9. The number of carboxylic acid groups (broad SMARTS) is 1. The fourth-order valence-corrected chi connectivity index (χ4v) is 2.73. The summed E-state index contributed by atoms with van der Waals surface area (Å²) >= 11 is 6.36. The Morgan fingerprint density at radius 3 is 2.52 bits per heavy atom. The number of carbonyl (C=O) groups excluding carboxylic acids is 2. The summed E-state index contributed by atoms with van der Waals surface area (Å²) in [5.74, 6) is -1.63. The normalized spacial score (nSPS) is 9.86. The lowest BCUT2D eigenvalue weighted by Gasteiger charge is -2.12. The number of nitrogens with one attached hydrogen (secondary N) is 2. The molecule has 0 aliphatic heterocycles. The number of carbonyl (C=O) groups is 3. The Hall–Kier alpha value is -1.61. The first kappa shape index (κ1) is 17.4. The van der Waals surface area contributed by atoms with Crippen LogP contribution in [0.4, 0.5) is 10.5 Å². The number of rotatable bonds is 5. The fourth-order valence-electron chi connectivity index (χ4n) is 1.41. The third kappa shape index (κ3) is 5.35. The monoisotopic (exact) mass is 422 g/mol. The van der Waals surface area contributed by atoms with Crippen molar-refractivity contribution in [1.82, 2.24) is 5.32 Å². The molecule has 0 saturated heterocycles. The third-order valence-corrected chi connectivity index (χ3v) is 3.45. The van der Waals surface area contributed by atoms with Gasteiger partial charge in [0.2, 0.25) is 0 Å². The molecule has 9 heteroatoms. The van der Waals surface area contributed by atoms with E-state index in [2.05, 4.69) is 47.2 Å². The molecular weight excluding hydrogens is 412 g/mol. The van der Waals surface area contributed by atoms with Gasteiger partial charge in [-0.15, -0.1) is 0 Å². The second kappa shape index (κ2) is 7.99. The average molecular weight is 424 g/mol. The molecule has 0 aromatic heterocycles. The summed E-state index contributed by atoms with van der Waals surface area (Å²) in [6.45, 7) is 0.0784. The maximum absolute atomic E-state index is 11.7. The van der Waals surface area contributed by atoms with E-state index in [9.17, 15) is 14.4 Å². The summed E-state index contributed by atoms with van der Waals surface area (Å²) in [5, 5.41) is 14.0. The first-order chi connectivity index (χ1) is 9.85. The van der Waals surface area contributed by atoms with Crippen LogP contribution >= 0.6 is 31.9 Å². The Morgan fingerprint density at radius 1 is 1.29 bits per heavy atom. The molecule has 2 amide bonds. The van der Waals surface area contributed by atoms with Crippen LogP contribution in [0.25, 0.3) is 0 Å². The van der Waals surface area contributed by atoms with Crippen LogP contribution in [0.15, 0.2) is 21.1 Å². The molecule has 1 rings (SSSR count). The van der Waals surface area contributed by atoms with Crippen LogP contribution in [-0.2, 0) is 9.53 Å². The van der Waals surface area contributed by atoms with Crippen LogP contribution in [0.1, 0.15) is 16.8 Å². The Bertz CT molecular complexity index is 577. The molecule has 0 aliphatic rings. The molecule has 0 fully saturated rings. The van der Waals surface area contributed by atoms with E-state index in [1.807, 2.05) is 0 Å². The Morgan fingerprint density at radius 2 is 1.95 bits per heavy atom. The van der Waals surface area contributed by atoms with Crippen molar-refractivity contribution in [3.8, 4) is 0 Å². The number of methoxy groups -OCH3 is 1. The standard InChI is InChI=1S/C12H12Br2N2O5/c1-21-9(17)2-3-15-12(20)16-10-7(11(18)19)4-6(13)5-8(10)14/h4-5H,2-3H2,1H3,(H,18,19)(H2,15,16,20). The van der Waals surface area contributed by atoms with E-state index >= 15 is 0 Å². The second-order valence-corrected chi connectivity index (χ2v) is 5.59. The third-order valence-electron chi connectivity index (χ3n) is 2.37. The highest BCUT2D eigenvalue weighted by atomic mass is 79.9. The van der Waals surface area contributed by atoms with Gasteiger partial charge in [-0.3, -0.25) is 4.79 Å². The van der Waals surface area contributed by atoms with Crippen molar-refractivity contribution >= 4 is 55.5 Å². The largest absolute Gasteiger partial charge is 0.478 e. The number of hydrogen-bond donors (Lipinski definition) is 3. The number of anilines is 1. The number of carboxylic acids is 1. The van der Waals surface area contributed by atoms with Crippen molar-refractivity contribution in [2.45, 2.75) is 6.42 Å². The first-order valence-corrected chi connectivity index (χ1v) is 7.27. The topological polar surface area (TPSA) is 105 Å². The van der Waals surface area contributed by atoms with E-state index in [-0.39, 0.29) is 24.2 Å². The van der Waals surface area contributed by atoms with Gasteiger partial charge in [-0.25, -0.2) is 9.59 Å². The molecule has 0 unspecified atom stereocenters. The number of urea groups is 1. The molecule has 0 atom stereocenters. The molecule has 0 saturated carbocycles. The molecule has 1 aromatic rings. The average Bonchev–Trinajstić information content (AvgIpc) is 2.41. The van der Waals surface area contributed by atoms with Crippen LogP contribution in [0.3, 0.4) is 0 Å². The van der Waals surface area contributed by atoms with E-state index in [0.717, 1.165) is 0 Å². The summed E-state index contributed by atoms with van der Waals surface area (Å²) in [6.07, 6.45) is 0.0250. The molecule has 7 nitrogen and oxygen atoms in total. The lowest BCUT2D eigenvalue weighted by molar-refractivity contribution is -0.140. The van der Waals surface area contributed by atoms with Gasteiger partial charge < -0.3 is 20.5 Å². The SMILES string of the molecule is COC(=O)CCNC(=O)Nc1c(Br)cc(Br)cc1C(=O)O. The Balaban J connectivity index is 2.76. The number of halogens is 2. The minimum atomic E-state index is -1.18. The number of esters is 1. The summed E-state index contributed by atoms with van der Waals surface area (Å²) in [6, 6.07) is 2.36. The highest BCUT2D eigenvalue weighted by Gasteiger charge is 2.16. The zero-order chi connectivity index (χ0) is 16.0. The highest BCUT2D eigenvalue weighted by molar-refractivity contribution is 9.11. The maximum Gasteiger partial charge on any atom is 0.337 e. The zero-order valence-corrected chi connectivity index (χ0v) is 14.1. The molecule has 3 N–H and O–H groups in total. The molecule has 0 radical (unpaired) electrons. The quantitative estimate of drug-likeness (QED) is 0.631. The molecule has 1 aromatic carbocycles. The molecule has 0 bridgehead atoms. The van der Waals surface area contributed by atoms with Gasteiger partial charge >= 0.3 is 18.0 Å². The van der Waals surface area contributed by atoms with Crippen molar-refractivity contribution in [1.29, 1.82) is 0 Å². The van der Waals surface area contributed by atoms with Gasteiger partial charge in [0.05, 0.1) is 24.8 Å². The van der Waals surface area contributed by atoms with Gasteiger partial charge in [-0.2, -0.15) is 0 Å². The Labute approximate surface area is 137 Å². The van der Waals surface area contributed by atoms with Gasteiger partial charge in [0.15, 0.2) is 0 Å². The van der Waals surface area contributed by atoms with Crippen molar-refractivity contribution in [3.63, 3.8) is 0 Å². The summed E-state index contributed by atoms with van der Waals surface area (Å²) in [4.78, 5) is 33.8. The highest BCUT2D eigenvalue weighted by Crippen LogP contribution is 2.30. The van der Waals surface area contributed by atoms with E-state index in [4.69, 9.17) is 5.11 Å². The Kier molecular flexibility index (Phi) is 6.63. The van der Waals surface area contributed by atoms with Crippen molar-refractivity contribution in [3.05, 3.63) is 26.6 Å². The van der Waals surface area contributed by atoms with E-state index < -0.39 is 18.0 Å². The fraction of sp³-hybridized carbons (Fsp3) is 0.250. The van der Waals surface area contributed by atoms with Crippen molar-refractivity contribution in [2.24, 2.45) is 0 Å². The summed E-state index contributed by atoms with van der Waals surface area (Å²) < 4.78 is 5.41. The van der Waals surface area contributed by atoms with Crippen LogP contribution < -0.4 is 10.6 Å². The summed E-state index contributed by atoms with van der Waals surface area (Å²) in [7, 11) is 1.25. The molecular formula is C12H12Br2N2O5. The minimum Gasteiger partial charge on any atom is -0.478 e. The lowest BCUT2D eigenvalue weighted by atomic mass is 10.2. The van der Waals surface area contributed by atoms with Gasteiger partial charge in [-0.1, -0.05) is 15.9 Å². The van der Waals surface area contributed by atoms with Gasteiger partial charge in [0, 0.05) is 15.5 Å². The van der Waals surface area contributed by atoms with Crippen molar-refractivity contribution in [2.75, 3.05) is 19.0 Å². The van der Waals surface area contributed by atoms with E-state index in [1.165, 1.54) is 13.2 Å². The predicted molar refractivity (Wildman–Crippen MR) is 82.5 cm³/mol. The van der Waals surface area contributed by atoms with E-state index in [1.54, 1.807) is 6.07 Å². The maximum atomic E-state index is 11.7. The van der Waals surface area contributed by atoms with Gasteiger partial charge in [0.25, 0.3) is 0 Å².